The molecule has 0 aromatic heterocycles. The zero-order valence-electron chi connectivity index (χ0n) is 8.30. The van der Waals surface area contributed by atoms with Crippen molar-refractivity contribution in [1.29, 1.82) is 0 Å². The summed E-state index contributed by atoms with van der Waals surface area (Å²) in [7, 11) is -2.11. The third-order valence-electron chi connectivity index (χ3n) is 2.00. The van der Waals surface area contributed by atoms with Gasteiger partial charge < -0.3 is 4.57 Å². The summed E-state index contributed by atoms with van der Waals surface area (Å²) < 4.78 is 12.0. The normalized spacial score (nSPS) is 18.1. The van der Waals surface area contributed by atoms with E-state index in [-0.39, 0.29) is 5.16 Å². The second-order valence-corrected chi connectivity index (χ2v) is 8.44. The molecule has 0 aliphatic heterocycles. The van der Waals surface area contributed by atoms with Gasteiger partial charge in [-0.05, 0) is 18.9 Å². The zero-order chi connectivity index (χ0) is 9.83. The Morgan fingerprint density at radius 3 is 2.25 bits per heavy atom. The number of allylic oxidation sites excluding steroid dienone is 1. The van der Waals surface area contributed by atoms with E-state index in [2.05, 4.69) is 15.9 Å². The van der Waals surface area contributed by atoms with Crippen molar-refractivity contribution in [3.63, 3.8) is 0 Å². The molecule has 0 heterocycles. The molecule has 0 amide bonds. The fourth-order valence-electron chi connectivity index (χ4n) is 0.562. The highest BCUT2D eigenvalue weighted by molar-refractivity contribution is 9.09. The van der Waals surface area contributed by atoms with Gasteiger partial charge in [0.05, 0.1) is 0 Å². The largest absolute Gasteiger partial charge is 0.319 e. The van der Waals surface area contributed by atoms with Crippen LogP contribution in [-0.2, 0) is 4.57 Å². The summed E-state index contributed by atoms with van der Waals surface area (Å²) in [4.78, 5) is 0. The van der Waals surface area contributed by atoms with E-state index in [1.807, 2.05) is 39.3 Å². The van der Waals surface area contributed by atoms with Crippen molar-refractivity contribution < 1.29 is 4.57 Å². The van der Waals surface area contributed by atoms with Gasteiger partial charge in [0, 0.05) is 10.5 Å². The first-order valence-corrected chi connectivity index (χ1v) is 7.47. The predicted octanol–water partition coefficient (Wildman–Crippen LogP) is 4.08. The highest BCUT2D eigenvalue weighted by atomic mass is 79.9. The minimum absolute atomic E-state index is 0.101. The quantitative estimate of drug-likeness (QED) is 0.547. The average molecular weight is 253 g/mol. The first-order valence-electron chi connectivity index (χ1n) is 4.12. The Morgan fingerprint density at radius 2 is 1.92 bits per heavy atom. The van der Waals surface area contributed by atoms with Crippen LogP contribution >= 0.6 is 23.1 Å². The van der Waals surface area contributed by atoms with Crippen LogP contribution in [0, 0.1) is 0 Å². The van der Waals surface area contributed by atoms with E-state index in [0.29, 0.717) is 0 Å². The standard InChI is InChI=1S/C9H18BrOP/c1-9(2,3)12(4,11)8-6-5-7-10/h6,8H,5,7H2,1-4H3/b8-6+. The molecule has 0 aromatic carbocycles. The number of hydrogen-bond acceptors (Lipinski definition) is 1. The lowest BCUT2D eigenvalue weighted by atomic mass is 10.3. The summed E-state index contributed by atoms with van der Waals surface area (Å²) in [5.74, 6) is 1.88. The highest BCUT2D eigenvalue weighted by Gasteiger charge is 2.28. The van der Waals surface area contributed by atoms with Crippen LogP contribution in [0.5, 0.6) is 0 Å². The van der Waals surface area contributed by atoms with E-state index in [1.54, 1.807) is 0 Å². The minimum atomic E-state index is -2.11. The van der Waals surface area contributed by atoms with Gasteiger partial charge in [-0.1, -0.05) is 42.8 Å². The van der Waals surface area contributed by atoms with Crippen molar-refractivity contribution in [2.45, 2.75) is 32.3 Å². The molecule has 72 valence electrons. The Morgan fingerprint density at radius 1 is 1.42 bits per heavy atom. The smallest absolute Gasteiger partial charge is 0.110 e. The first kappa shape index (κ1) is 12.4. The summed E-state index contributed by atoms with van der Waals surface area (Å²) in [6.07, 6.45) is 2.95. The Balaban J connectivity index is 4.34. The van der Waals surface area contributed by atoms with Crippen molar-refractivity contribution in [1.82, 2.24) is 0 Å². The van der Waals surface area contributed by atoms with Crippen molar-refractivity contribution in [2.75, 3.05) is 12.0 Å². The third-order valence-corrected chi connectivity index (χ3v) is 5.90. The Bertz CT molecular complexity index is 203. The molecular formula is C9H18BrOP. The molecule has 0 saturated heterocycles. The molecule has 0 aromatic rings. The van der Waals surface area contributed by atoms with Crippen LogP contribution in [0.3, 0.4) is 0 Å². The molecule has 0 bridgehead atoms. The van der Waals surface area contributed by atoms with E-state index < -0.39 is 7.14 Å². The molecule has 0 rings (SSSR count). The topological polar surface area (TPSA) is 17.1 Å². The summed E-state index contributed by atoms with van der Waals surface area (Å²) in [6.45, 7) is 7.91. The molecule has 0 aliphatic rings. The lowest BCUT2D eigenvalue weighted by Gasteiger charge is -2.24. The van der Waals surface area contributed by atoms with Gasteiger partial charge in [0.25, 0.3) is 0 Å². The maximum atomic E-state index is 12.0. The fourth-order valence-corrected chi connectivity index (χ4v) is 1.83. The second kappa shape index (κ2) is 4.62. The minimum Gasteiger partial charge on any atom is -0.319 e. The molecule has 0 N–H and O–H groups in total. The van der Waals surface area contributed by atoms with Gasteiger partial charge in [-0.15, -0.1) is 0 Å². The van der Waals surface area contributed by atoms with Crippen LogP contribution in [0.1, 0.15) is 27.2 Å². The van der Waals surface area contributed by atoms with Crippen molar-refractivity contribution in [3.05, 3.63) is 11.9 Å². The maximum absolute atomic E-state index is 12.0. The molecule has 0 aliphatic carbocycles. The average Bonchev–Trinajstić information content (AvgIpc) is 1.85. The zero-order valence-corrected chi connectivity index (χ0v) is 10.8. The predicted molar refractivity (Wildman–Crippen MR) is 60.8 cm³/mol. The number of halogens is 1. The summed E-state index contributed by atoms with van der Waals surface area (Å²) in [5.41, 5.74) is 0. The molecule has 1 atom stereocenters. The molecule has 0 spiro atoms. The summed E-state index contributed by atoms with van der Waals surface area (Å²) >= 11 is 3.33. The van der Waals surface area contributed by atoms with Gasteiger partial charge in [0.1, 0.15) is 7.14 Å². The van der Waals surface area contributed by atoms with Crippen LogP contribution in [0.15, 0.2) is 11.9 Å². The molecule has 3 heteroatoms. The van der Waals surface area contributed by atoms with Crippen LogP contribution in [0.4, 0.5) is 0 Å². The maximum Gasteiger partial charge on any atom is 0.110 e. The number of hydrogen-bond donors (Lipinski definition) is 0. The number of alkyl halides is 1. The van der Waals surface area contributed by atoms with Gasteiger partial charge in [-0.25, -0.2) is 0 Å². The number of rotatable bonds is 3. The molecule has 1 nitrogen and oxygen atoms in total. The fraction of sp³-hybridized carbons (Fsp3) is 0.778. The second-order valence-electron chi connectivity index (χ2n) is 4.02. The van der Waals surface area contributed by atoms with Crippen LogP contribution in [0.25, 0.3) is 0 Å². The Labute approximate surface area is 84.1 Å². The Hall–Kier alpha value is 0.450. The SMILES string of the molecule is CC(C)(C)P(C)(=O)/C=C/CCBr. The lowest BCUT2D eigenvalue weighted by Crippen LogP contribution is -2.12. The van der Waals surface area contributed by atoms with Crippen molar-refractivity contribution in [3.8, 4) is 0 Å². The summed E-state index contributed by atoms with van der Waals surface area (Å²) in [5, 5.41) is 0.837. The third kappa shape index (κ3) is 3.91. The van der Waals surface area contributed by atoms with Crippen LogP contribution in [0.2, 0.25) is 0 Å². The van der Waals surface area contributed by atoms with Gasteiger partial charge in [-0.3, -0.25) is 0 Å². The van der Waals surface area contributed by atoms with Crippen molar-refractivity contribution in [2.24, 2.45) is 0 Å². The van der Waals surface area contributed by atoms with Crippen LogP contribution < -0.4 is 0 Å². The first-order chi connectivity index (χ1) is 5.31. The van der Waals surface area contributed by atoms with E-state index in [9.17, 15) is 4.57 Å². The Kier molecular flexibility index (Phi) is 4.79. The molecule has 0 fully saturated rings. The molecule has 0 saturated carbocycles. The van der Waals surface area contributed by atoms with Crippen LogP contribution in [-0.4, -0.2) is 17.2 Å². The van der Waals surface area contributed by atoms with Gasteiger partial charge in [0.2, 0.25) is 0 Å². The van der Waals surface area contributed by atoms with E-state index in [0.717, 1.165) is 11.8 Å². The molecular weight excluding hydrogens is 235 g/mol. The molecule has 1 unspecified atom stereocenters. The van der Waals surface area contributed by atoms with E-state index >= 15 is 0 Å². The summed E-state index contributed by atoms with van der Waals surface area (Å²) in [6, 6.07) is 0. The highest BCUT2D eigenvalue weighted by Crippen LogP contribution is 2.55. The van der Waals surface area contributed by atoms with Gasteiger partial charge >= 0.3 is 0 Å². The molecule has 0 radical (unpaired) electrons. The molecule has 12 heavy (non-hydrogen) atoms. The van der Waals surface area contributed by atoms with Crippen molar-refractivity contribution >= 4 is 23.1 Å². The van der Waals surface area contributed by atoms with E-state index in [1.165, 1.54) is 0 Å². The van der Waals surface area contributed by atoms with E-state index in [4.69, 9.17) is 0 Å². The monoisotopic (exact) mass is 252 g/mol. The van der Waals surface area contributed by atoms with Gasteiger partial charge in [0.15, 0.2) is 0 Å². The lowest BCUT2D eigenvalue weighted by molar-refractivity contribution is 0.560. The van der Waals surface area contributed by atoms with Gasteiger partial charge in [-0.2, -0.15) is 0 Å².